The number of allylic oxidation sites excluding steroid dienone is 2. The van der Waals surface area contributed by atoms with Gasteiger partial charge in [-0.3, -0.25) is 9.59 Å². The van der Waals surface area contributed by atoms with Crippen LogP contribution in [-0.2, 0) is 16.0 Å². The Kier molecular flexibility index (Phi) is 10.9. The molecule has 4 atom stereocenters. The van der Waals surface area contributed by atoms with Gasteiger partial charge in [0, 0.05) is 37.2 Å². The van der Waals surface area contributed by atoms with Crippen molar-refractivity contribution in [1.82, 2.24) is 10.2 Å². The zero-order chi connectivity index (χ0) is 27.5. The van der Waals surface area contributed by atoms with Crippen molar-refractivity contribution in [3.05, 3.63) is 95.6 Å². The summed E-state index contributed by atoms with van der Waals surface area (Å²) in [5.74, 6) is -1.12. The monoisotopic (exact) mass is 517 g/mol. The minimum absolute atomic E-state index is 0.0170. The fraction of sp³-hybridized carbons (Fsp3) is 0.438. The Morgan fingerprint density at radius 2 is 1.63 bits per heavy atom. The summed E-state index contributed by atoms with van der Waals surface area (Å²) in [4.78, 5) is 28.6. The first kappa shape index (κ1) is 29.3. The molecule has 2 unspecified atom stereocenters. The highest BCUT2D eigenvalue weighted by Gasteiger charge is 2.47. The molecular weight excluding hydrogens is 474 g/mol. The average molecular weight is 518 g/mol. The van der Waals surface area contributed by atoms with E-state index in [1.807, 2.05) is 72.5 Å². The zero-order valence-corrected chi connectivity index (χ0v) is 23.0. The molecule has 0 saturated carbocycles. The van der Waals surface area contributed by atoms with Crippen molar-refractivity contribution in [3.63, 3.8) is 0 Å². The van der Waals surface area contributed by atoms with Crippen molar-refractivity contribution >= 4 is 11.8 Å². The van der Waals surface area contributed by atoms with Crippen LogP contribution in [0.25, 0.3) is 0 Å². The van der Waals surface area contributed by atoms with Crippen LogP contribution < -0.4 is 11.1 Å². The lowest BCUT2D eigenvalue weighted by Gasteiger charge is -2.41. The van der Waals surface area contributed by atoms with Gasteiger partial charge in [-0.2, -0.15) is 0 Å². The molecule has 2 amide bonds. The van der Waals surface area contributed by atoms with E-state index in [1.54, 1.807) is 18.2 Å². The highest BCUT2D eigenvalue weighted by atomic mass is 16.3. The van der Waals surface area contributed by atoms with Gasteiger partial charge < -0.3 is 21.1 Å². The predicted molar refractivity (Wildman–Crippen MR) is 153 cm³/mol. The van der Waals surface area contributed by atoms with Gasteiger partial charge in [0.1, 0.15) is 0 Å². The summed E-state index contributed by atoms with van der Waals surface area (Å²) in [6.07, 6.45) is 6.82. The number of hydrogen-bond donors (Lipinski definition) is 3. The third-order valence-electron chi connectivity index (χ3n) is 7.54. The van der Waals surface area contributed by atoms with Crippen LogP contribution in [0.4, 0.5) is 0 Å². The van der Waals surface area contributed by atoms with Gasteiger partial charge in [0.25, 0.3) is 0 Å². The Morgan fingerprint density at radius 1 is 1.03 bits per heavy atom. The first-order valence-corrected chi connectivity index (χ1v) is 13.8. The number of benzene rings is 2. The Hall–Kier alpha value is -3.22. The van der Waals surface area contributed by atoms with Gasteiger partial charge in [-0.05, 0) is 43.7 Å². The molecule has 204 valence electrons. The minimum atomic E-state index is -1.20. The Balaban J connectivity index is 1.90. The molecular formula is C32H43N3O3. The van der Waals surface area contributed by atoms with Crippen molar-refractivity contribution < 1.29 is 14.7 Å². The van der Waals surface area contributed by atoms with Gasteiger partial charge in [-0.1, -0.05) is 92.7 Å². The molecule has 0 spiro atoms. The summed E-state index contributed by atoms with van der Waals surface area (Å²) in [5, 5.41) is 15.0. The van der Waals surface area contributed by atoms with E-state index in [9.17, 15) is 14.7 Å². The Bertz CT molecular complexity index is 1090. The maximum atomic E-state index is 13.5. The van der Waals surface area contributed by atoms with Gasteiger partial charge in [-0.25, -0.2) is 0 Å². The molecule has 1 aliphatic rings. The second-order valence-electron chi connectivity index (χ2n) is 10.3. The molecule has 0 saturated heterocycles. The van der Waals surface area contributed by atoms with E-state index in [-0.39, 0.29) is 24.9 Å². The summed E-state index contributed by atoms with van der Waals surface area (Å²) >= 11 is 0. The number of carbonyl (C=O) groups is 2. The molecule has 0 fully saturated rings. The van der Waals surface area contributed by atoms with Gasteiger partial charge in [0.2, 0.25) is 11.8 Å². The summed E-state index contributed by atoms with van der Waals surface area (Å²) < 4.78 is 0. The molecule has 4 N–H and O–H groups in total. The van der Waals surface area contributed by atoms with Gasteiger partial charge in [0.15, 0.2) is 0 Å². The molecule has 0 radical (unpaired) electrons. The first-order valence-electron chi connectivity index (χ1n) is 13.8. The van der Waals surface area contributed by atoms with Crippen LogP contribution in [0, 0.1) is 11.3 Å². The second kappa shape index (κ2) is 14.1. The normalized spacial score (nSPS) is 19.3. The van der Waals surface area contributed by atoms with Crippen molar-refractivity contribution in [2.75, 3.05) is 19.6 Å². The number of aliphatic hydroxyl groups excluding tert-OH is 1. The minimum Gasteiger partial charge on any atom is -0.391 e. The number of aliphatic hydroxyl groups is 1. The highest BCUT2D eigenvalue weighted by molar-refractivity contribution is 5.96. The Labute approximate surface area is 227 Å². The molecule has 2 aromatic carbocycles. The van der Waals surface area contributed by atoms with E-state index in [4.69, 9.17) is 5.73 Å². The van der Waals surface area contributed by atoms with E-state index in [2.05, 4.69) is 19.2 Å². The smallest absolute Gasteiger partial charge is 0.249 e. The third kappa shape index (κ3) is 7.21. The van der Waals surface area contributed by atoms with Crippen molar-refractivity contribution in [2.45, 2.75) is 58.6 Å². The largest absolute Gasteiger partial charge is 0.391 e. The van der Waals surface area contributed by atoms with Crippen LogP contribution in [0.15, 0.2) is 84.5 Å². The number of primary amides is 1. The van der Waals surface area contributed by atoms with Gasteiger partial charge in [-0.15, -0.1) is 0 Å². The highest BCUT2D eigenvalue weighted by Crippen LogP contribution is 2.43. The summed E-state index contributed by atoms with van der Waals surface area (Å²) in [6, 6.07) is 19.9. The number of hydrogen-bond acceptors (Lipinski definition) is 4. The molecule has 6 nitrogen and oxygen atoms in total. The standard InChI is InChI=1S/C32H43N3O3/c1-4-19-35(20-5-2)30(37)27-17-12-18-32(22-27,31(33)38)28(21-25-13-8-6-9-14-25)29(36)23-34-24(3)26-15-10-7-11-16-26/h6-18,24,28-29,34,36H,4-5,19-23H2,1-3H3,(H2,33,38)/t24?,28-,29+,32?/m1/s1. The van der Waals surface area contributed by atoms with Crippen LogP contribution in [0.1, 0.15) is 57.2 Å². The molecule has 0 aromatic heterocycles. The van der Waals surface area contributed by atoms with Crippen molar-refractivity contribution in [2.24, 2.45) is 17.1 Å². The summed E-state index contributed by atoms with van der Waals surface area (Å²) in [6.45, 7) is 7.75. The number of nitrogens with one attached hydrogen (secondary N) is 1. The maximum Gasteiger partial charge on any atom is 0.249 e. The molecule has 0 heterocycles. The van der Waals surface area contributed by atoms with Gasteiger partial charge >= 0.3 is 0 Å². The first-order chi connectivity index (χ1) is 18.3. The van der Waals surface area contributed by atoms with Crippen molar-refractivity contribution in [1.29, 1.82) is 0 Å². The molecule has 3 rings (SSSR count). The number of rotatable bonds is 14. The van der Waals surface area contributed by atoms with Crippen LogP contribution in [0.5, 0.6) is 0 Å². The summed E-state index contributed by atoms with van der Waals surface area (Å²) in [5.41, 5.74) is 7.60. The molecule has 0 bridgehead atoms. The van der Waals surface area contributed by atoms with Crippen LogP contribution in [0.2, 0.25) is 0 Å². The fourth-order valence-corrected chi connectivity index (χ4v) is 5.41. The van der Waals surface area contributed by atoms with E-state index in [0.717, 1.165) is 24.0 Å². The number of carbonyl (C=O) groups excluding carboxylic acids is 2. The lowest BCUT2D eigenvalue weighted by molar-refractivity contribution is -0.132. The van der Waals surface area contributed by atoms with Crippen LogP contribution >= 0.6 is 0 Å². The molecule has 1 aliphatic carbocycles. The molecule has 6 heteroatoms. The lowest BCUT2D eigenvalue weighted by Crippen LogP contribution is -2.51. The van der Waals surface area contributed by atoms with Crippen LogP contribution in [-0.4, -0.2) is 47.6 Å². The Morgan fingerprint density at radius 3 is 2.21 bits per heavy atom. The number of nitrogens with zero attached hydrogens (tertiary/aromatic N) is 1. The SMILES string of the molecule is CCCN(CCC)C(=O)C1=CC=CC(C(N)=O)([C@H](Cc2ccccc2)[C@@H](O)CNC(C)c2ccccc2)C1. The summed E-state index contributed by atoms with van der Waals surface area (Å²) in [7, 11) is 0. The predicted octanol–water partition coefficient (Wildman–Crippen LogP) is 4.56. The molecule has 2 aromatic rings. The second-order valence-corrected chi connectivity index (χ2v) is 10.3. The zero-order valence-electron chi connectivity index (χ0n) is 23.0. The van der Waals surface area contributed by atoms with E-state index in [0.29, 0.717) is 25.1 Å². The maximum absolute atomic E-state index is 13.5. The molecule has 0 aliphatic heterocycles. The average Bonchev–Trinajstić information content (AvgIpc) is 2.95. The molecule has 38 heavy (non-hydrogen) atoms. The lowest BCUT2D eigenvalue weighted by atomic mass is 9.64. The van der Waals surface area contributed by atoms with Crippen LogP contribution in [0.3, 0.4) is 0 Å². The third-order valence-corrected chi connectivity index (χ3v) is 7.54. The van der Waals surface area contributed by atoms with Gasteiger partial charge in [0.05, 0.1) is 11.5 Å². The van der Waals surface area contributed by atoms with E-state index in [1.165, 1.54) is 0 Å². The van der Waals surface area contributed by atoms with Crippen molar-refractivity contribution in [3.8, 4) is 0 Å². The number of nitrogens with two attached hydrogens (primary N) is 1. The quantitative estimate of drug-likeness (QED) is 0.342. The number of amides is 2. The topological polar surface area (TPSA) is 95.7 Å². The fourth-order valence-electron chi connectivity index (χ4n) is 5.41. The van der Waals surface area contributed by atoms with E-state index >= 15 is 0 Å². The van der Waals surface area contributed by atoms with E-state index < -0.39 is 23.3 Å².